The SMILES string of the molecule is CC(C)n1cc(NC(=O)NCc2n[nH]c3c2CCC3)cn1. The number of hydrogen-bond donors (Lipinski definition) is 3. The van der Waals surface area contributed by atoms with Gasteiger partial charge in [-0.05, 0) is 38.7 Å². The van der Waals surface area contributed by atoms with Gasteiger partial charge in [-0.25, -0.2) is 4.79 Å². The van der Waals surface area contributed by atoms with E-state index in [1.165, 1.54) is 11.3 Å². The van der Waals surface area contributed by atoms with E-state index in [1.54, 1.807) is 10.9 Å². The van der Waals surface area contributed by atoms with Crippen LogP contribution in [-0.4, -0.2) is 26.0 Å². The first-order chi connectivity index (χ1) is 10.1. The van der Waals surface area contributed by atoms with E-state index in [2.05, 4.69) is 25.9 Å². The number of rotatable bonds is 4. The average Bonchev–Trinajstić information content (AvgIpc) is 3.12. The maximum absolute atomic E-state index is 11.9. The molecule has 2 amide bonds. The third kappa shape index (κ3) is 2.91. The number of carbonyl (C=O) groups excluding carboxylic acids is 1. The smallest absolute Gasteiger partial charge is 0.319 e. The second-order valence-electron chi connectivity index (χ2n) is 5.59. The third-order valence-electron chi connectivity index (χ3n) is 3.70. The topological polar surface area (TPSA) is 87.6 Å². The van der Waals surface area contributed by atoms with Gasteiger partial charge in [0.1, 0.15) is 0 Å². The first-order valence-corrected chi connectivity index (χ1v) is 7.27. The Hall–Kier alpha value is -2.31. The summed E-state index contributed by atoms with van der Waals surface area (Å²) in [7, 11) is 0. The van der Waals surface area contributed by atoms with E-state index < -0.39 is 0 Å². The van der Waals surface area contributed by atoms with E-state index >= 15 is 0 Å². The number of aryl methyl sites for hydroxylation is 1. The Kier molecular flexibility index (Phi) is 3.64. The Morgan fingerprint density at radius 2 is 2.33 bits per heavy atom. The molecule has 0 unspecified atom stereocenters. The summed E-state index contributed by atoms with van der Waals surface area (Å²) in [6.45, 7) is 4.51. The summed E-state index contributed by atoms with van der Waals surface area (Å²) in [6.07, 6.45) is 6.73. The lowest BCUT2D eigenvalue weighted by atomic mass is 10.2. The van der Waals surface area contributed by atoms with Gasteiger partial charge >= 0.3 is 6.03 Å². The fourth-order valence-electron chi connectivity index (χ4n) is 2.56. The second-order valence-corrected chi connectivity index (χ2v) is 5.59. The van der Waals surface area contributed by atoms with E-state index in [0.717, 1.165) is 25.0 Å². The Balaban J connectivity index is 1.54. The average molecular weight is 288 g/mol. The van der Waals surface area contributed by atoms with Crippen LogP contribution in [0.25, 0.3) is 0 Å². The van der Waals surface area contributed by atoms with E-state index in [0.29, 0.717) is 12.2 Å². The number of aromatic nitrogens is 4. The summed E-state index contributed by atoms with van der Waals surface area (Å²) in [6, 6.07) is 0.0308. The maximum Gasteiger partial charge on any atom is 0.319 e. The predicted octanol–water partition coefficient (Wildman–Crippen LogP) is 2.00. The number of H-pyrrole nitrogens is 1. The molecule has 3 rings (SSSR count). The van der Waals surface area contributed by atoms with Crippen molar-refractivity contribution in [3.05, 3.63) is 29.3 Å². The molecule has 0 radical (unpaired) electrons. The van der Waals surface area contributed by atoms with Crippen molar-refractivity contribution in [1.82, 2.24) is 25.3 Å². The molecule has 7 heteroatoms. The van der Waals surface area contributed by atoms with Gasteiger partial charge in [-0.3, -0.25) is 9.78 Å². The first kappa shape index (κ1) is 13.7. The molecule has 112 valence electrons. The van der Waals surface area contributed by atoms with E-state index in [4.69, 9.17) is 0 Å². The Morgan fingerprint density at radius 3 is 3.10 bits per heavy atom. The number of aromatic amines is 1. The number of nitrogens with zero attached hydrogens (tertiary/aromatic N) is 3. The van der Waals surface area contributed by atoms with Gasteiger partial charge in [0.05, 0.1) is 24.1 Å². The molecule has 1 aliphatic rings. The van der Waals surface area contributed by atoms with Crippen molar-refractivity contribution in [3.63, 3.8) is 0 Å². The van der Waals surface area contributed by atoms with Crippen LogP contribution in [0.5, 0.6) is 0 Å². The molecule has 0 bridgehead atoms. The quantitative estimate of drug-likeness (QED) is 0.804. The Morgan fingerprint density at radius 1 is 1.48 bits per heavy atom. The van der Waals surface area contributed by atoms with E-state index in [1.807, 2.05) is 20.0 Å². The van der Waals surface area contributed by atoms with Crippen LogP contribution in [0.15, 0.2) is 12.4 Å². The van der Waals surface area contributed by atoms with Crippen LogP contribution in [0.4, 0.5) is 10.5 Å². The summed E-state index contributed by atoms with van der Waals surface area (Å²) in [4.78, 5) is 11.9. The van der Waals surface area contributed by atoms with Gasteiger partial charge in [-0.1, -0.05) is 0 Å². The molecule has 0 saturated heterocycles. The normalized spacial score (nSPS) is 13.5. The molecule has 0 saturated carbocycles. The molecular formula is C14H20N6O. The molecule has 2 heterocycles. The first-order valence-electron chi connectivity index (χ1n) is 7.27. The highest BCUT2D eigenvalue weighted by atomic mass is 16.2. The van der Waals surface area contributed by atoms with Crippen LogP contribution >= 0.6 is 0 Å². The standard InChI is InChI=1S/C14H20N6O/c1-9(2)20-8-10(6-16-20)17-14(21)15-7-13-11-4-3-5-12(11)18-19-13/h6,8-9H,3-5,7H2,1-2H3,(H,18,19)(H2,15,17,21). The highest BCUT2D eigenvalue weighted by Crippen LogP contribution is 2.22. The molecule has 2 aromatic rings. The Bertz CT molecular complexity index is 642. The van der Waals surface area contributed by atoms with Crippen LogP contribution < -0.4 is 10.6 Å². The van der Waals surface area contributed by atoms with Gasteiger partial charge in [0.2, 0.25) is 0 Å². The van der Waals surface area contributed by atoms with Crippen molar-refractivity contribution in [2.75, 3.05) is 5.32 Å². The van der Waals surface area contributed by atoms with E-state index in [9.17, 15) is 4.79 Å². The lowest BCUT2D eigenvalue weighted by Crippen LogP contribution is -2.28. The molecule has 1 aliphatic carbocycles. The number of urea groups is 1. The summed E-state index contributed by atoms with van der Waals surface area (Å²) in [5.41, 5.74) is 4.11. The fourth-order valence-corrected chi connectivity index (χ4v) is 2.56. The molecular weight excluding hydrogens is 268 g/mol. The molecule has 0 fully saturated rings. The highest BCUT2D eigenvalue weighted by molar-refractivity contribution is 5.88. The lowest BCUT2D eigenvalue weighted by Gasteiger charge is -2.06. The number of nitrogens with one attached hydrogen (secondary N) is 3. The monoisotopic (exact) mass is 288 g/mol. The summed E-state index contributed by atoms with van der Waals surface area (Å²) >= 11 is 0. The second kappa shape index (κ2) is 5.59. The number of carbonyl (C=O) groups is 1. The minimum atomic E-state index is -0.243. The van der Waals surface area contributed by atoms with Crippen molar-refractivity contribution >= 4 is 11.7 Å². The molecule has 0 spiro atoms. The van der Waals surface area contributed by atoms with Gasteiger partial charge < -0.3 is 10.6 Å². The fraction of sp³-hybridized carbons (Fsp3) is 0.500. The zero-order valence-corrected chi connectivity index (χ0v) is 12.3. The maximum atomic E-state index is 11.9. The largest absolute Gasteiger partial charge is 0.332 e. The van der Waals surface area contributed by atoms with Gasteiger partial charge in [0, 0.05) is 17.9 Å². The minimum absolute atomic E-state index is 0.243. The van der Waals surface area contributed by atoms with Crippen molar-refractivity contribution in [1.29, 1.82) is 0 Å². The molecule has 21 heavy (non-hydrogen) atoms. The van der Waals surface area contributed by atoms with Crippen LogP contribution in [0.1, 0.15) is 43.3 Å². The molecule has 3 N–H and O–H groups in total. The number of hydrogen-bond acceptors (Lipinski definition) is 3. The predicted molar refractivity (Wildman–Crippen MR) is 79.1 cm³/mol. The summed E-state index contributed by atoms with van der Waals surface area (Å²) in [5.74, 6) is 0. The van der Waals surface area contributed by atoms with Crippen molar-refractivity contribution in [2.24, 2.45) is 0 Å². The molecule has 0 atom stereocenters. The van der Waals surface area contributed by atoms with E-state index in [-0.39, 0.29) is 12.1 Å². The van der Waals surface area contributed by atoms with Crippen molar-refractivity contribution in [3.8, 4) is 0 Å². The van der Waals surface area contributed by atoms with Gasteiger partial charge in [0.25, 0.3) is 0 Å². The van der Waals surface area contributed by atoms with Crippen LogP contribution in [0, 0.1) is 0 Å². The molecule has 0 aliphatic heterocycles. The molecule has 2 aromatic heterocycles. The van der Waals surface area contributed by atoms with Crippen LogP contribution in [0.2, 0.25) is 0 Å². The summed E-state index contributed by atoms with van der Waals surface area (Å²) in [5, 5.41) is 17.1. The Labute approximate surface area is 123 Å². The van der Waals surface area contributed by atoms with Gasteiger partial charge in [0.15, 0.2) is 0 Å². The molecule has 0 aromatic carbocycles. The van der Waals surface area contributed by atoms with Crippen LogP contribution in [-0.2, 0) is 19.4 Å². The third-order valence-corrected chi connectivity index (χ3v) is 3.70. The lowest BCUT2D eigenvalue weighted by molar-refractivity contribution is 0.251. The zero-order chi connectivity index (χ0) is 14.8. The van der Waals surface area contributed by atoms with Crippen LogP contribution in [0.3, 0.4) is 0 Å². The number of fused-ring (bicyclic) bond motifs is 1. The van der Waals surface area contributed by atoms with Crippen molar-refractivity contribution in [2.45, 2.75) is 45.7 Å². The zero-order valence-electron chi connectivity index (χ0n) is 12.3. The number of amides is 2. The molecule has 7 nitrogen and oxygen atoms in total. The summed E-state index contributed by atoms with van der Waals surface area (Å²) < 4.78 is 1.80. The van der Waals surface area contributed by atoms with Gasteiger partial charge in [-0.15, -0.1) is 0 Å². The number of anilines is 1. The van der Waals surface area contributed by atoms with Gasteiger partial charge in [-0.2, -0.15) is 10.2 Å². The van der Waals surface area contributed by atoms with Crippen molar-refractivity contribution < 1.29 is 4.79 Å². The highest BCUT2D eigenvalue weighted by Gasteiger charge is 2.18. The minimum Gasteiger partial charge on any atom is -0.332 e.